The van der Waals surface area contributed by atoms with Gasteiger partial charge in [0.05, 0.1) is 26.4 Å². The van der Waals surface area contributed by atoms with Crippen molar-refractivity contribution in [3.63, 3.8) is 0 Å². The van der Waals surface area contributed by atoms with Crippen molar-refractivity contribution >= 4 is 0 Å². The van der Waals surface area contributed by atoms with Gasteiger partial charge in [-0.25, -0.2) is 0 Å². The van der Waals surface area contributed by atoms with Gasteiger partial charge in [0.1, 0.15) is 5.75 Å². The third-order valence-electron chi connectivity index (χ3n) is 7.56. The Hall–Kier alpha value is -1.84. The summed E-state index contributed by atoms with van der Waals surface area (Å²) in [5.74, 6) is 1.43. The SMILES string of the molecule is COc1ccc(COCC2=C3CC[C@@H](C)[C@]2(C)CCC(C)=CCC/C(C)=C/[C@@H]3O)cc1. The van der Waals surface area contributed by atoms with E-state index in [2.05, 4.69) is 52.0 Å². The first kappa shape index (κ1) is 23.8. The van der Waals surface area contributed by atoms with Gasteiger partial charge < -0.3 is 14.6 Å². The molecule has 3 atom stereocenters. The van der Waals surface area contributed by atoms with Crippen LogP contribution in [0.15, 0.2) is 58.7 Å². The molecule has 0 saturated heterocycles. The second kappa shape index (κ2) is 10.7. The van der Waals surface area contributed by atoms with Crippen LogP contribution in [0.4, 0.5) is 0 Å². The lowest BCUT2D eigenvalue weighted by Crippen LogP contribution is -2.36. The Balaban J connectivity index is 1.88. The Morgan fingerprint density at radius 3 is 2.48 bits per heavy atom. The van der Waals surface area contributed by atoms with Gasteiger partial charge in [-0.2, -0.15) is 0 Å². The zero-order valence-electron chi connectivity index (χ0n) is 20.0. The minimum atomic E-state index is -0.504. The van der Waals surface area contributed by atoms with E-state index >= 15 is 0 Å². The van der Waals surface area contributed by atoms with Crippen molar-refractivity contribution in [1.29, 1.82) is 0 Å². The summed E-state index contributed by atoms with van der Waals surface area (Å²) in [6.45, 7) is 10.3. The fourth-order valence-electron chi connectivity index (χ4n) is 5.04. The summed E-state index contributed by atoms with van der Waals surface area (Å²) < 4.78 is 11.5. The molecule has 1 aromatic rings. The van der Waals surface area contributed by atoms with Crippen molar-refractivity contribution in [3.8, 4) is 5.75 Å². The highest BCUT2D eigenvalue weighted by Crippen LogP contribution is 2.49. The van der Waals surface area contributed by atoms with E-state index in [-0.39, 0.29) is 5.41 Å². The first-order chi connectivity index (χ1) is 14.8. The molecule has 0 aromatic heterocycles. The largest absolute Gasteiger partial charge is 0.497 e. The maximum Gasteiger partial charge on any atom is 0.118 e. The molecule has 2 bridgehead atoms. The number of methoxy groups -OCH3 is 1. The molecule has 0 saturated carbocycles. The summed E-state index contributed by atoms with van der Waals surface area (Å²) in [7, 11) is 1.68. The maximum atomic E-state index is 11.2. The van der Waals surface area contributed by atoms with Crippen molar-refractivity contribution in [3.05, 3.63) is 64.3 Å². The van der Waals surface area contributed by atoms with Crippen molar-refractivity contribution in [2.75, 3.05) is 13.7 Å². The van der Waals surface area contributed by atoms with Crippen molar-refractivity contribution in [1.82, 2.24) is 0 Å². The van der Waals surface area contributed by atoms with E-state index < -0.39 is 6.10 Å². The van der Waals surface area contributed by atoms with Crippen LogP contribution >= 0.6 is 0 Å². The van der Waals surface area contributed by atoms with Gasteiger partial charge in [-0.15, -0.1) is 0 Å². The summed E-state index contributed by atoms with van der Waals surface area (Å²) in [5.41, 5.74) is 6.45. The summed E-state index contributed by atoms with van der Waals surface area (Å²) in [6, 6.07) is 8.05. The van der Waals surface area contributed by atoms with Crippen LogP contribution in [0.2, 0.25) is 0 Å². The molecule has 0 amide bonds. The molecule has 0 radical (unpaired) electrons. The standard InChI is InChI=1S/C28H40O3/c1-20-7-6-8-21(2)17-27(29)25-14-9-22(3)28(4,16-15-20)26(25)19-31-18-23-10-12-24(30-5)13-11-23/h7,10-13,17,22,27,29H,6,8-9,14-16,18-19H2,1-5H3/b20-7?,21-17+/t22-,27+,28+/m1/s1. The number of hydrogen-bond acceptors (Lipinski definition) is 3. The molecule has 3 nitrogen and oxygen atoms in total. The third-order valence-corrected chi connectivity index (χ3v) is 7.56. The lowest BCUT2D eigenvalue weighted by Gasteiger charge is -2.44. The van der Waals surface area contributed by atoms with Gasteiger partial charge in [0.15, 0.2) is 0 Å². The predicted octanol–water partition coefficient (Wildman–Crippen LogP) is 6.77. The van der Waals surface area contributed by atoms with Crippen LogP contribution < -0.4 is 4.74 Å². The molecule has 31 heavy (non-hydrogen) atoms. The molecule has 1 N–H and O–H groups in total. The highest BCUT2D eigenvalue weighted by atomic mass is 16.5. The number of benzene rings is 1. The molecule has 0 spiro atoms. The van der Waals surface area contributed by atoms with Crippen LogP contribution in [0.3, 0.4) is 0 Å². The summed E-state index contributed by atoms with van der Waals surface area (Å²) in [6.07, 6.45) is 10.3. The van der Waals surface area contributed by atoms with Crippen LogP contribution in [0.1, 0.15) is 71.8 Å². The molecular weight excluding hydrogens is 384 g/mol. The predicted molar refractivity (Wildman–Crippen MR) is 128 cm³/mol. The van der Waals surface area contributed by atoms with Gasteiger partial charge in [0.2, 0.25) is 0 Å². The van der Waals surface area contributed by atoms with E-state index in [4.69, 9.17) is 9.47 Å². The van der Waals surface area contributed by atoms with Gasteiger partial charge in [-0.1, -0.05) is 49.3 Å². The van der Waals surface area contributed by atoms with Crippen molar-refractivity contribution in [2.45, 2.75) is 78.9 Å². The Bertz CT molecular complexity index is 830. The lowest BCUT2D eigenvalue weighted by atomic mass is 9.61. The molecular formula is C28H40O3. The number of fused-ring (bicyclic) bond motifs is 1. The molecule has 3 heteroatoms. The molecule has 1 aromatic carbocycles. The lowest BCUT2D eigenvalue weighted by molar-refractivity contribution is 0.0974. The summed E-state index contributed by atoms with van der Waals surface area (Å²) >= 11 is 0. The molecule has 2 aliphatic carbocycles. The summed E-state index contributed by atoms with van der Waals surface area (Å²) in [4.78, 5) is 0. The normalized spacial score (nSPS) is 29.4. The van der Waals surface area contributed by atoms with Gasteiger partial charge in [0, 0.05) is 0 Å². The van der Waals surface area contributed by atoms with Crippen LogP contribution in [0.25, 0.3) is 0 Å². The average Bonchev–Trinajstić information content (AvgIpc) is 2.75. The van der Waals surface area contributed by atoms with Gasteiger partial charge in [-0.3, -0.25) is 0 Å². The van der Waals surface area contributed by atoms with Crippen LogP contribution in [0.5, 0.6) is 5.75 Å². The van der Waals surface area contributed by atoms with E-state index in [1.807, 2.05) is 12.1 Å². The van der Waals surface area contributed by atoms with E-state index in [1.165, 1.54) is 22.3 Å². The third kappa shape index (κ3) is 5.90. The second-order valence-corrected chi connectivity index (χ2v) is 9.75. The number of allylic oxidation sites excluding steroid dienone is 3. The average molecular weight is 425 g/mol. The Morgan fingerprint density at radius 1 is 1.03 bits per heavy atom. The highest BCUT2D eigenvalue weighted by Gasteiger charge is 2.40. The molecule has 3 rings (SSSR count). The van der Waals surface area contributed by atoms with Crippen molar-refractivity contribution < 1.29 is 14.6 Å². The maximum absolute atomic E-state index is 11.2. The number of aliphatic hydroxyl groups excluding tert-OH is 1. The van der Waals surface area contributed by atoms with Gasteiger partial charge >= 0.3 is 0 Å². The molecule has 0 heterocycles. The monoisotopic (exact) mass is 424 g/mol. The minimum absolute atomic E-state index is 0.0461. The number of aliphatic hydroxyl groups is 1. The first-order valence-corrected chi connectivity index (χ1v) is 11.8. The zero-order chi connectivity index (χ0) is 22.4. The molecule has 0 unspecified atom stereocenters. The van der Waals surface area contributed by atoms with E-state index in [1.54, 1.807) is 7.11 Å². The molecule has 2 aliphatic rings. The van der Waals surface area contributed by atoms with Gasteiger partial charge in [-0.05, 0) is 92.5 Å². The number of hydrogen-bond donors (Lipinski definition) is 1. The van der Waals surface area contributed by atoms with E-state index in [0.717, 1.165) is 49.8 Å². The van der Waals surface area contributed by atoms with Crippen LogP contribution in [-0.4, -0.2) is 24.9 Å². The first-order valence-electron chi connectivity index (χ1n) is 11.8. The fraction of sp³-hybridized carbons (Fsp3) is 0.571. The zero-order valence-corrected chi connectivity index (χ0v) is 20.0. The van der Waals surface area contributed by atoms with Crippen molar-refractivity contribution in [2.24, 2.45) is 11.3 Å². The number of rotatable bonds is 5. The Morgan fingerprint density at radius 2 is 1.77 bits per heavy atom. The van der Waals surface area contributed by atoms with Crippen LogP contribution in [0, 0.1) is 11.3 Å². The van der Waals surface area contributed by atoms with Crippen LogP contribution in [-0.2, 0) is 11.3 Å². The van der Waals surface area contributed by atoms with E-state index in [0.29, 0.717) is 19.1 Å². The van der Waals surface area contributed by atoms with Gasteiger partial charge in [0.25, 0.3) is 0 Å². The smallest absolute Gasteiger partial charge is 0.118 e. The summed E-state index contributed by atoms with van der Waals surface area (Å²) in [5, 5.41) is 11.2. The Labute approximate surface area is 188 Å². The quantitative estimate of drug-likeness (QED) is 0.530. The highest BCUT2D eigenvalue weighted by molar-refractivity contribution is 5.33. The molecule has 170 valence electrons. The topological polar surface area (TPSA) is 38.7 Å². The molecule has 0 fully saturated rings. The minimum Gasteiger partial charge on any atom is -0.497 e. The Kier molecular flexibility index (Phi) is 8.18. The number of ether oxygens (including phenoxy) is 2. The second-order valence-electron chi connectivity index (χ2n) is 9.75. The fourth-order valence-corrected chi connectivity index (χ4v) is 5.04. The van der Waals surface area contributed by atoms with E-state index in [9.17, 15) is 5.11 Å². The molecule has 0 aliphatic heterocycles.